The number of fused-ring (bicyclic) bond motifs is 2. The highest BCUT2D eigenvalue weighted by molar-refractivity contribution is 7.98. The monoisotopic (exact) mass is 455 g/mol. The smallest absolute Gasteiger partial charge is 0.328 e. The molecule has 7 heteroatoms. The Morgan fingerprint density at radius 3 is 2.34 bits per heavy atom. The Bertz CT molecular complexity index is 966. The Morgan fingerprint density at radius 2 is 1.69 bits per heavy atom. The number of hydrogen-bond donors (Lipinski definition) is 2. The maximum Gasteiger partial charge on any atom is 0.328 e. The van der Waals surface area contributed by atoms with E-state index in [2.05, 4.69) is 61.3 Å². The number of benzene rings is 2. The second kappa shape index (κ2) is 11.3. The van der Waals surface area contributed by atoms with Gasteiger partial charge in [-0.2, -0.15) is 0 Å². The van der Waals surface area contributed by atoms with Crippen LogP contribution in [0.4, 0.5) is 0 Å². The minimum absolute atomic E-state index is 0.0690. The van der Waals surface area contributed by atoms with Gasteiger partial charge in [0.2, 0.25) is 0 Å². The molecule has 0 spiro atoms. The van der Waals surface area contributed by atoms with Gasteiger partial charge in [-0.15, -0.1) is 11.8 Å². The Balaban J connectivity index is 0.000000312. The number of hydrogen-bond acceptors (Lipinski definition) is 5. The van der Waals surface area contributed by atoms with Crippen LogP contribution in [-0.4, -0.2) is 53.3 Å². The lowest BCUT2D eigenvalue weighted by Gasteiger charge is -2.32. The number of aryl methyl sites for hydroxylation is 1. The standard InChI is InChI=1S/C21H25NOS.C4H4O4/c1-15-7-8-20-19(13-15)21(23-17-9-11-22(2)12-10-17)18-6-4-3-5-16(18)14-24-20;5-3(6)1-2-4(7)8/h3-8,13,17,21H,9-12,14H2,1-2H3;1-2H,(H,5,6)(H,7,8). The van der Waals surface area contributed by atoms with Crippen molar-refractivity contribution in [1.82, 2.24) is 4.90 Å². The molecule has 0 aromatic heterocycles. The highest BCUT2D eigenvalue weighted by Gasteiger charge is 2.28. The maximum absolute atomic E-state index is 9.55. The Labute approximate surface area is 192 Å². The lowest BCUT2D eigenvalue weighted by Crippen LogP contribution is -2.35. The van der Waals surface area contributed by atoms with E-state index in [1.807, 2.05) is 11.8 Å². The molecule has 0 amide bonds. The maximum atomic E-state index is 9.55. The summed E-state index contributed by atoms with van der Waals surface area (Å²) in [6.07, 6.45) is 3.80. The van der Waals surface area contributed by atoms with E-state index < -0.39 is 11.9 Å². The minimum atomic E-state index is -1.26. The SMILES string of the molecule is Cc1ccc2c(c1)C(OC1CCN(C)CC1)c1ccccc1CS2.O=C(O)C=CC(=O)O. The molecule has 0 radical (unpaired) electrons. The average molecular weight is 456 g/mol. The van der Waals surface area contributed by atoms with E-state index in [1.165, 1.54) is 27.1 Å². The van der Waals surface area contributed by atoms with Gasteiger partial charge in [0.25, 0.3) is 0 Å². The van der Waals surface area contributed by atoms with Gasteiger partial charge < -0.3 is 19.8 Å². The molecular weight excluding hydrogens is 426 g/mol. The fourth-order valence-electron chi connectivity index (χ4n) is 3.85. The topological polar surface area (TPSA) is 87.1 Å². The van der Waals surface area contributed by atoms with Crippen LogP contribution in [0.1, 0.15) is 41.2 Å². The van der Waals surface area contributed by atoms with Gasteiger partial charge in [0.15, 0.2) is 0 Å². The predicted octanol–water partition coefficient (Wildman–Crippen LogP) is 4.51. The zero-order chi connectivity index (χ0) is 23.1. The van der Waals surface area contributed by atoms with Gasteiger partial charge in [0.05, 0.1) is 6.10 Å². The molecule has 2 aromatic rings. The molecular formula is C25H29NO5S. The van der Waals surface area contributed by atoms with Crippen LogP contribution in [0.5, 0.6) is 0 Å². The third-order valence-corrected chi connectivity index (χ3v) is 6.67. The van der Waals surface area contributed by atoms with Gasteiger partial charge in [0, 0.05) is 35.9 Å². The average Bonchev–Trinajstić information content (AvgIpc) is 2.91. The third-order valence-electron chi connectivity index (χ3n) is 5.53. The number of thioether (sulfide) groups is 1. The molecule has 6 nitrogen and oxygen atoms in total. The van der Waals surface area contributed by atoms with Gasteiger partial charge in [-0.1, -0.05) is 42.0 Å². The molecule has 4 rings (SSSR count). The number of carbonyl (C=O) groups is 2. The number of piperidine rings is 1. The second-order valence-electron chi connectivity index (χ2n) is 8.06. The molecule has 2 aliphatic rings. The number of ether oxygens (including phenoxy) is 1. The highest BCUT2D eigenvalue weighted by atomic mass is 32.2. The Kier molecular flexibility index (Phi) is 8.50. The molecule has 1 fully saturated rings. The number of carboxylic acids is 2. The summed E-state index contributed by atoms with van der Waals surface area (Å²) in [5.74, 6) is -1.49. The first-order valence-electron chi connectivity index (χ1n) is 10.6. The summed E-state index contributed by atoms with van der Waals surface area (Å²) < 4.78 is 6.73. The quantitative estimate of drug-likeness (QED) is 0.656. The van der Waals surface area contributed by atoms with Crippen LogP contribution < -0.4 is 0 Å². The molecule has 0 aliphatic carbocycles. The zero-order valence-corrected chi connectivity index (χ0v) is 19.2. The first-order valence-corrected chi connectivity index (χ1v) is 11.6. The molecule has 2 N–H and O–H groups in total. The molecule has 32 heavy (non-hydrogen) atoms. The van der Waals surface area contributed by atoms with Crippen LogP contribution in [0.25, 0.3) is 0 Å². The molecule has 0 bridgehead atoms. The lowest BCUT2D eigenvalue weighted by molar-refractivity contribution is -0.134. The van der Waals surface area contributed by atoms with Crippen molar-refractivity contribution in [2.45, 2.75) is 42.6 Å². The first-order chi connectivity index (χ1) is 15.3. The molecule has 1 saturated heterocycles. The van der Waals surface area contributed by atoms with Gasteiger partial charge in [-0.3, -0.25) is 0 Å². The molecule has 2 aromatic carbocycles. The summed E-state index contributed by atoms with van der Waals surface area (Å²) in [5.41, 5.74) is 5.43. The highest BCUT2D eigenvalue weighted by Crippen LogP contribution is 2.42. The van der Waals surface area contributed by atoms with Crippen LogP contribution >= 0.6 is 11.8 Å². The first kappa shape index (κ1) is 24.0. The Morgan fingerprint density at radius 1 is 1.03 bits per heavy atom. The van der Waals surface area contributed by atoms with E-state index >= 15 is 0 Å². The molecule has 0 saturated carbocycles. The number of carboxylic acid groups (broad SMARTS) is 2. The predicted molar refractivity (Wildman–Crippen MR) is 125 cm³/mol. The van der Waals surface area contributed by atoms with Crippen molar-refractivity contribution in [3.05, 3.63) is 76.9 Å². The fraction of sp³-hybridized carbons (Fsp3) is 0.360. The van der Waals surface area contributed by atoms with E-state index in [0.29, 0.717) is 18.3 Å². The molecule has 2 aliphatic heterocycles. The summed E-state index contributed by atoms with van der Waals surface area (Å²) in [6, 6.07) is 15.6. The number of nitrogens with zero attached hydrogens (tertiary/aromatic N) is 1. The minimum Gasteiger partial charge on any atom is -0.478 e. The summed E-state index contributed by atoms with van der Waals surface area (Å²) in [4.78, 5) is 22.9. The third kappa shape index (κ3) is 6.69. The van der Waals surface area contributed by atoms with Crippen molar-refractivity contribution in [3.8, 4) is 0 Å². The molecule has 1 unspecified atom stereocenters. The number of aliphatic carboxylic acids is 2. The van der Waals surface area contributed by atoms with Gasteiger partial charge in [-0.05, 0) is 49.6 Å². The van der Waals surface area contributed by atoms with E-state index in [-0.39, 0.29) is 6.10 Å². The molecule has 170 valence electrons. The number of likely N-dealkylation sites (tertiary alicyclic amines) is 1. The van der Waals surface area contributed by atoms with Gasteiger partial charge in [-0.25, -0.2) is 9.59 Å². The van der Waals surface area contributed by atoms with Gasteiger partial charge in [0.1, 0.15) is 6.10 Å². The van der Waals surface area contributed by atoms with Crippen molar-refractivity contribution in [1.29, 1.82) is 0 Å². The Hall–Kier alpha value is -2.61. The van der Waals surface area contributed by atoms with E-state index in [0.717, 1.165) is 31.7 Å². The molecule has 2 heterocycles. The van der Waals surface area contributed by atoms with Crippen molar-refractivity contribution >= 4 is 23.7 Å². The van der Waals surface area contributed by atoms with Crippen LogP contribution in [0, 0.1) is 6.92 Å². The van der Waals surface area contributed by atoms with Crippen molar-refractivity contribution in [2.24, 2.45) is 0 Å². The zero-order valence-electron chi connectivity index (χ0n) is 18.4. The summed E-state index contributed by atoms with van der Waals surface area (Å²) in [6.45, 7) is 4.44. The second-order valence-corrected chi connectivity index (χ2v) is 9.07. The summed E-state index contributed by atoms with van der Waals surface area (Å²) >= 11 is 1.94. The fourth-order valence-corrected chi connectivity index (χ4v) is 4.92. The van der Waals surface area contributed by atoms with E-state index in [4.69, 9.17) is 14.9 Å². The van der Waals surface area contributed by atoms with Crippen molar-refractivity contribution in [3.63, 3.8) is 0 Å². The lowest BCUT2D eigenvalue weighted by atomic mass is 9.95. The summed E-state index contributed by atoms with van der Waals surface area (Å²) in [5, 5.41) is 15.6. The van der Waals surface area contributed by atoms with Crippen LogP contribution in [0.15, 0.2) is 59.5 Å². The van der Waals surface area contributed by atoms with Crippen LogP contribution in [0.2, 0.25) is 0 Å². The van der Waals surface area contributed by atoms with Gasteiger partial charge >= 0.3 is 11.9 Å². The molecule has 1 atom stereocenters. The number of rotatable bonds is 4. The van der Waals surface area contributed by atoms with Crippen molar-refractivity contribution < 1.29 is 24.5 Å². The largest absolute Gasteiger partial charge is 0.478 e. The van der Waals surface area contributed by atoms with E-state index in [1.54, 1.807) is 0 Å². The van der Waals surface area contributed by atoms with Crippen molar-refractivity contribution in [2.75, 3.05) is 20.1 Å². The normalized spacial score (nSPS) is 18.8. The van der Waals surface area contributed by atoms with Crippen LogP contribution in [0.3, 0.4) is 0 Å². The van der Waals surface area contributed by atoms with E-state index in [9.17, 15) is 9.59 Å². The summed E-state index contributed by atoms with van der Waals surface area (Å²) in [7, 11) is 2.20. The van der Waals surface area contributed by atoms with Crippen LogP contribution in [-0.2, 0) is 20.1 Å².